The molecule has 1 saturated carbocycles. The van der Waals surface area contributed by atoms with Crippen LogP contribution < -0.4 is 5.32 Å². The van der Waals surface area contributed by atoms with E-state index in [-0.39, 0.29) is 19.1 Å². The Hall–Kier alpha value is -1.34. The summed E-state index contributed by atoms with van der Waals surface area (Å²) in [7, 11) is 0. The van der Waals surface area contributed by atoms with Crippen molar-refractivity contribution in [1.82, 2.24) is 10.2 Å². The predicted molar refractivity (Wildman–Crippen MR) is 70.3 cm³/mol. The fraction of sp³-hybridized carbons (Fsp3) is 0.846. The molecule has 1 aliphatic carbocycles. The van der Waals surface area contributed by atoms with Crippen LogP contribution in [-0.4, -0.2) is 64.6 Å². The van der Waals surface area contributed by atoms with Gasteiger partial charge in [0, 0.05) is 0 Å². The number of carbonyl (C=O) groups excluding carboxylic acids is 1. The van der Waals surface area contributed by atoms with Gasteiger partial charge in [0.25, 0.3) is 0 Å². The summed E-state index contributed by atoms with van der Waals surface area (Å²) in [6, 6.07) is -1.22. The Bertz CT molecular complexity index is 394. The van der Waals surface area contributed by atoms with Crippen molar-refractivity contribution in [2.75, 3.05) is 19.7 Å². The van der Waals surface area contributed by atoms with Crippen LogP contribution in [0.4, 0.5) is 4.79 Å². The number of hydrogen-bond donors (Lipinski definition) is 3. The van der Waals surface area contributed by atoms with Gasteiger partial charge in [0.1, 0.15) is 6.04 Å². The summed E-state index contributed by atoms with van der Waals surface area (Å²) in [5, 5.41) is 20.9. The van der Waals surface area contributed by atoms with E-state index in [0.717, 1.165) is 12.8 Å². The van der Waals surface area contributed by atoms with Gasteiger partial charge in [0.15, 0.2) is 0 Å². The van der Waals surface area contributed by atoms with Crippen LogP contribution in [0.25, 0.3) is 0 Å². The number of amides is 2. The number of carboxylic acid groups (broad SMARTS) is 1. The number of hydrogen-bond acceptors (Lipinski definition) is 4. The quantitative estimate of drug-likeness (QED) is 0.677. The fourth-order valence-electron chi connectivity index (χ4n) is 2.58. The van der Waals surface area contributed by atoms with Crippen molar-refractivity contribution in [3.8, 4) is 0 Å². The molecule has 2 rings (SSSR count). The van der Waals surface area contributed by atoms with Crippen molar-refractivity contribution < 1.29 is 24.5 Å². The van der Waals surface area contributed by atoms with E-state index in [1.54, 1.807) is 0 Å². The van der Waals surface area contributed by atoms with E-state index in [0.29, 0.717) is 6.54 Å². The largest absolute Gasteiger partial charge is 0.480 e. The standard InChI is InChI=1S/C13H22N2O5/c1-13(2)7-15(5-9(6-16)20-13)12(19)14-10(11(17)18)8-3-4-8/h8-10,16H,3-7H2,1-2H3,(H,14,19)(H,17,18). The van der Waals surface area contributed by atoms with Crippen molar-refractivity contribution >= 4 is 12.0 Å². The van der Waals surface area contributed by atoms with Crippen LogP contribution in [0, 0.1) is 5.92 Å². The summed E-state index contributed by atoms with van der Waals surface area (Å²) >= 11 is 0. The van der Waals surface area contributed by atoms with Crippen molar-refractivity contribution in [3.05, 3.63) is 0 Å². The van der Waals surface area contributed by atoms with E-state index in [1.807, 2.05) is 13.8 Å². The Labute approximate surface area is 117 Å². The molecule has 20 heavy (non-hydrogen) atoms. The number of aliphatic hydroxyl groups excluding tert-OH is 1. The summed E-state index contributed by atoms with van der Waals surface area (Å²) in [4.78, 5) is 24.9. The third kappa shape index (κ3) is 3.61. The lowest BCUT2D eigenvalue weighted by molar-refractivity contribution is -0.141. The predicted octanol–water partition coefficient (Wildman–Crippen LogP) is 0.0309. The molecule has 7 heteroatoms. The molecule has 3 N–H and O–H groups in total. The lowest BCUT2D eigenvalue weighted by Gasteiger charge is -2.42. The number of aliphatic carboxylic acids is 1. The van der Waals surface area contributed by atoms with E-state index in [2.05, 4.69) is 5.32 Å². The lowest BCUT2D eigenvalue weighted by Crippen LogP contribution is -2.59. The molecule has 1 heterocycles. The molecule has 0 spiro atoms. The zero-order chi connectivity index (χ0) is 14.9. The van der Waals surface area contributed by atoms with Gasteiger partial charge in [-0.1, -0.05) is 0 Å². The minimum Gasteiger partial charge on any atom is -0.480 e. The summed E-state index contributed by atoms with van der Waals surface area (Å²) in [5.41, 5.74) is -0.554. The Morgan fingerprint density at radius 1 is 1.45 bits per heavy atom. The first kappa shape index (κ1) is 15.1. The molecule has 7 nitrogen and oxygen atoms in total. The maximum Gasteiger partial charge on any atom is 0.326 e. The van der Waals surface area contributed by atoms with E-state index in [4.69, 9.17) is 9.84 Å². The van der Waals surface area contributed by atoms with Crippen molar-refractivity contribution in [3.63, 3.8) is 0 Å². The van der Waals surface area contributed by atoms with Gasteiger partial charge in [0.2, 0.25) is 0 Å². The second-order valence-electron chi connectivity index (χ2n) is 6.17. The molecule has 114 valence electrons. The smallest absolute Gasteiger partial charge is 0.326 e. The van der Waals surface area contributed by atoms with Crippen LogP contribution in [0.3, 0.4) is 0 Å². The minimum absolute atomic E-state index is 0.0409. The van der Waals surface area contributed by atoms with Crippen LogP contribution in [0.15, 0.2) is 0 Å². The summed E-state index contributed by atoms with van der Waals surface area (Å²) < 4.78 is 5.63. The highest BCUT2D eigenvalue weighted by Crippen LogP contribution is 2.33. The molecule has 0 aromatic heterocycles. The van der Waals surface area contributed by atoms with Gasteiger partial charge < -0.3 is 25.2 Å². The molecule has 2 amide bonds. The number of urea groups is 1. The van der Waals surface area contributed by atoms with Crippen LogP contribution in [-0.2, 0) is 9.53 Å². The molecule has 1 aliphatic heterocycles. The van der Waals surface area contributed by atoms with Crippen molar-refractivity contribution in [1.29, 1.82) is 0 Å². The number of nitrogens with one attached hydrogen (secondary N) is 1. The topological polar surface area (TPSA) is 99.1 Å². The van der Waals surface area contributed by atoms with Crippen LogP contribution in [0.2, 0.25) is 0 Å². The summed E-state index contributed by atoms with van der Waals surface area (Å²) in [6.45, 7) is 4.14. The monoisotopic (exact) mass is 286 g/mol. The van der Waals surface area contributed by atoms with Gasteiger partial charge >= 0.3 is 12.0 Å². The third-order valence-electron chi connectivity index (χ3n) is 3.61. The fourth-order valence-corrected chi connectivity index (χ4v) is 2.58. The van der Waals surface area contributed by atoms with Crippen LogP contribution >= 0.6 is 0 Å². The molecule has 2 fully saturated rings. The molecule has 2 atom stereocenters. The maximum absolute atomic E-state index is 12.2. The first-order chi connectivity index (χ1) is 9.32. The molecule has 0 aromatic carbocycles. The van der Waals surface area contributed by atoms with Gasteiger partial charge in [-0.2, -0.15) is 0 Å². The molecule has 1 saturated heterocycles. The highest BCUT2D eigenvalue weighted by Gasteiger charge is 2.40. The number of rotatable bonds is 4. The lowest BCUT2D eigenvalue weighted by atomic mass is 10.1. The summed E-state index contributed by atoms with van der Waals surface area (Å²) in [5.74, 6) is -0.953. The van der Waals surface area contributed by atoms with Gasteiger partial charge in [-0.05, 0) is 32.6 Å². The Balaban J connectivity index is 1.98. The average molecular weight is 286 g/mol. The number of nitrogens with zero attached hydrogens (tertiary/aromatic N) is 1. The second kappa shape index (κ2) is 5.57. The SMILES string of the molecule is CC1(C)CN(C(=O)NC(C(=O)O)C2CC2)CC(CO)O1. The second-order valence-corrected chi connectivity index (χ2v) is 6.17. The van der Waals surface area contributed by atoms with E-state index < -0.39 is 29.7 Å². The van der Waals surface area contributed by atoms with E-state index >= 15 is 0 Å². The van der Waals surface area contributed by atoms with Crippen LogP contribution in [0.5, 0.6) is 0 Å². The first-order valence-corrected chi connectivity index (χ1v) is 6.89. The zero-order valence-corrected chi connectivity index (χ0v) is 11.8. The Kier molecular flexibility index (Phi) is 4.19. The van der Waals surface area contributed by atoms with Crippen molar-refractivity contribution in [2.45, 2.75) is 44.4 Å². The van der Waals surface area contributed by atoms with E-state index in [1.165, 1.54) is 4.90 Å². The molecular weight excluding hydrogens is 264 g/mol. The highest BCUT2D eigenvalue weighted by molar-refractivity contribution is 5.83. The normalized spacial score (nSPS) is 26.9. The average Bonchev–Trinajstić information content (AvgIpc) is 3.17. The first-order valence-electron chi connectivity index (χ1n) is 6.89. The molecule has 2 unspecified atom stereocenters. The van der Waals surface area contributed by atoms with E-state index in [9.17, 15) is 14.7 Å². The molecular formula is C13H22N2O5. The minimum atomic E-state index is -0.993. The van der Waals surface area contributed by atoms with Crippen molar-refractivity contribution in [2.24, 2.45) is 5.92 Å². The maximum atomic E-state index is 12.2. The zero-order valence-electron chi connectivity index (χ0n) is 11.8. The number of morpholine rings is 1. The van der Waals surface area contributed by atoms with Gasteiger partial charge in [-0.3, -0.25) is 0 Å². The Morgan fingerprint density at radius 3 is 2.60 bits per heavy atom. The van der Waals surface area contributed by atoms with Gasteiger partial charge in [-0.15, -0.1) is 0 Å². The molecule has 0 radical (unpaired) electrons. The number of carboxylic acids is 1. The van der Waals surface area contributed by atoms with Crippen LogP contribution in [0.1, 0.15) is 26.7 Å². The van der Waals surface area contributed by atoms with Gasteiger partial charge in [0.05, 0.1) is 31.4 Å². The highest BCUT2D eigenvalue weighted by atomic mass is 16.5. The molecule has 0 aromatic rings. The van der Waals surface area contributed by atoms with Gasteiger partial charge in [-0.25, -0.2) is 9.59 Å². The molecule has 2 aliphatic rings. The number of carbonyl (C=O) groups is 2. The third-order valence-corrected chi connectivity index (χ3v) is 3.61. The molecule has 0 bridgehead atoms. The number of aliphatic hydroxyl groups is 1. The summed E-state index contributed by atoms with van der Waals surface area (Å²) in [6.07, 6.45) is 1.24. The Morgan fingerprint density at radius 2 is 2.10 bits per heavy atom. The number of ether oxygens (including phenoxy) is 1.